The first-order valence-electron chi connectivity index (χ1n) is 5.84. The largest absolute Gasteiger partial charge is 0.315 e. The van der Waals surface area contributed by atoms with E-state index in [1.54, 1.807) is 12.1 Å². The van der Waals surface area contributed by atoms with Crippen LogP contribution >= 0.6 is 11.3 Å². The summed E-state index contributed by atoms with van der Waals surface area (Å²) in [6, 6.07) is 6.66. The predicted octanol–water partition coefficient (Wildman–Crippen LogP) is 2.82. The summed E-state index contributed by atoms with van der Waals surface area (Å²) in [6.45, 7) is 2.67. The molecule has 1 heterocycles. The number of H-pyrrole nitrogens is 1. The number of hydrogen-bond donors (Lipinski definition) is 2. The molecule has 3 nitrogen and oxygen atoms in total. The highest BCUT2D eigenvalue weighted by atomic mass is 32.1. The monoisotopic (exact) mass is 266 g/mol. The Morgan fingerprint density at radius 2 is 2.11 bits per heavy atom. The van der Waals surface area contributed by atoms with Crippen LogP contribution in [0.25, 0.3) is 0 Å². The van der Waals surface area contributed by atoms with Crippen molar-refractivity contribution in [2.75, 3.05) is 0 Å². The molecule has 1 unspecified atom stereocenters. The number of nitrogens with one attached hydrogen (secondary N) is 2. The van der Waals surface area contributed by atoms with Gasteiger partial charge in [-0.05, 0) is 24.1 Å². The number of thiazole rings is 1. The summed E-state index contributed by atoms with van der Waals surface area (Å²) >= 11 is 1.16. The molecule has 2 aromatic rings. The van der Waals surface area contributed by atoms with Gasteiger partial charge in [0.1, 0.15) is 5.82 Å². The number of rotatable bonds is 5. The van der Waals surface area contributed by atoms with Gasteiger partial charge in [-0.3, -0.25) is 4.79 Å². The van der Waals surface area contributed by atoms with Crippen molar-refractivity contribution in [3.63, 3.8) is 0 Å². The Morgan fingerprint density at radius 1 is 1.39 bits per heavy atom. The number of aromatic nitrogens is 1. The van der Waals surface area contributed by atoms with E-state index in [1.807, 2.05) is 5.38 Å². The summed E-state index contributed by atoms with van der Waals surface area (Å²) in [4.78, 5) is 13.7. The topological polar surface area (TPSA) is 44.9 Å². The smallest absolute Gasteiger partial charge is 0.304 e. The first-order valence-corrected chi connectivity index (χ1v) is 6.72. The molecule has 5 heteroatoms. The summed E-state index contributed by atoms with van der Waals surface area (Å²) in [5, 5.41) is 5.16. The summed E-state index contributed by atoms with van der Waals surface area (Å²) in [5.41, 5.74) is 1.93. The minimum absolute atomic E-state index is 0.0402. The van der Waals surface area contributed by atoms with Gasteiger partial charge in [0.05, 0.1) is 0 Å². The molecule has 0 amide bonds. The fourth-order valence-electron chi connectivity index (χ4n) is 1.83. The fraction of sp³-hybridized carbons (Fsp3) is 0.308. The molecule has 1 aromatic carbocycles. The van der Waals surface area contributed by atoms with Gasteiger partial charge in [-0.25, -0.2) is 4.39 Å². The molecule has 2 N–H and O–H groups in total. The van der Waals surface area contributed by atoms with Gasteiger partial charge in [0.2, 0.25) is 0 Å². The number of benzene rings is 1. The maximum Gasteiger partial charge on any atom is 0.304 e. The molecule has 96 valence electrons. The van der Waals surface area contributed by atoms with E-state index in [9.17, 15) is 9.18 Å². The molecule has 0 aliphatic rings. The Bertz CT molecular complexity index is 547. The minimum atomic E-state index is -0.226. The van der Waals surface area contributed by atoms with Crippen LogP contribution in [0.15, 0.2) is 34.4 Å². The van der Waals surface area contributed by atoms with Crippen LogP contribution in [0.5, 0.6) is 0 Å². The maximum absolute atomic E-state index is 12.8. The molecule has 2 rings (SSSR count). The van der Waals surface area contributed by atoms with Crippen molar-refractivity contribution < 1.29 is 4.39 Å². The predicted molar refractivity (Wildman–Crippen MR) is 71.2 cm³/mol. The molecule has 0 radical (unpaired) electrons. The highest BCUT2D eigenvalue weighted by Crippen LogP contribution is 2.17. The summed E-state index contributed by atoms with van der Waals surface area (Å²) in [5.74, 6) is -0.226. The van der Waals surface area contributed by atoms with E-state index in [4.69, 9.17) is 0 Å². The Kier molecular flexibility index (Phi) is 4.28. The third kappa shape index (κ3) is 3.27. The van der Waals surface area contributed by atoms with Crippen molar-refractivity contribution in [1.82, 2.24) is 10.3 Å². The molecular formula is C13H15FN2OS. The molecule has 0 bridgehead atoms. The fourth-order valence-corrected chi connectivity index (χ4v) is 2.41. The molecule has 1 atom stereocenters. The average Bonchev–Trinajstić information content (AvgIpc) is 2.78. The Labute approximate surface area is 109 Å². The Hall–Kier alpha value is -1.46. The molecule has 0 saturated carbocycles. The van der Waals surface area contributed by atoms with Crippen LogP contribution in [0.3, 0.4) is 0 Å². The standard InChI is InChI=1S/C13H15FN2OS/c1-2-12(9-3-5-10(14)6-4-9)15-7-11-8-18-13(17)16-11/h3-6,8,12,15H,2,7H2,1H3,(H,16,17). The lowest BCUT2D eigenvalue weighted by molar-refractivity contribution is 0.513. The quantitative estimate of drug-likeness (QED) is 0.874. The number of hydrogen-bond acceptors (Lipinski definition) is 3. The van der Waals surface area contributed by atoms with E-state index >= 15 is 0 Å². The first-order chi connectivity index (χ1) is 8.69. The second kappa shape index (κ2) is 5.93. The van der Waals surface area contributed by atoms with Crippen LogP contribution in [0.2, 0.25) is 0 Å². The first kappa shape index (κ1) is 13.0. The second-order valence-electron chi connectivity index (χ2n) is 4.07. The van der Waals surface area contributed by atoms with E-state index < -0.39 is 0 Å². The van der Waals surface area contributed by atoms with Gasteiger partial charge in [-0.1, -0.05) is 30.4 Å². The van der Waals surface area contributed by atoms with E-state index in [-0.39, 0.29) is 16.7 Å². The Balaban J connectivity index is 2.01. The van der Waals surface area contributed by atoms with Crippen LogP contribution in [-0.4, -0.2) is 4.98 Å². The number of aromatic amines is 1. The average molecular weight is 266 g/mol. The van der Waals surface area contributed by atoms with Gasteiger partial charge in [0, 0.05) is 23.7 Å². The van der Waals surface area contributed by atoms with Crippen molar-refractivity contribution in [3.8, 4) is 0 Å². The van der Waals surface area contributed by atoms with E-state index in [0.29, 0.717) is 6.54 Å². The van der Waals surface area contributed by atoms with Crippen LogP contribution < -0.4 is 10.2 Å². The highest BCUT2D eigenvalue weighted by Gasteiger charge is 2.09. The SMILES string of the molecule is CCC(NCc1csc(=O)[nH]1)c1ccc(F)cc1. The van der Waals surface area contributed by atoms with Gasteiger partial charge in [0.15, 0.2) is 0 Å². The van der Waals surface area contributed by atoms with Crippen molar-refractivity contribution in [3.05, 3.63) is 56.4 Å². The van der Waals surface area contributed by atoms with Crippen LogP contribution in [0.1, 0.15) is 30.6 Å². The zero-order chi connectivity index (χ0) is 13.0. The number of halogens is 1. The molecule has 0 spiro atoms. The van der Waals surface area contributed by atoms with Gasteiger partial charge >= 0.3 is 4.87 Å². The molecule has 1 aromatic heterocycles. The summed E-state index contributed by atoms with van der Waals surface area (Å²) < 4.78 is 12.8. The van der Waals surface area contributed by atoms with E-state index in [1.165, 1.54) is 12.1 Å². The Morgan fingerprint density at radius 3 is 2.67 bits per heavy atom. The molecule has 18 heavy (non-hydrogen) atoms. The second-order valence-corrected chi connectivity index (χ2v) is 4.91. The van der Waals surface area contributed by atoms with Crippen molar-refractivity contribution in [1.29, 1.82) is 0 Å². The lowest BCUT2D eigenvalue weighted by Crippen LogP contribution is -2.20. The van der Waals surface area contributed by atoms with Crippen LogP contribution in [0, 0.1) is 5.82 Å². The van der Waals surface area contributed by atoms with Gasteiger partial charge in [-0.15, -0.1) is 0 Å². The highest BCUT2D eigenvalue weighted by molar-refractivity contribution is 7.07. The van der Waals surface area contributed by atoms with Gasteiger partial charge in [0.25, 0.3) is 0 Å². The summed E-state index contributed by atoms with van der Waals surface area (Å²) in [6.07, 6.45) is 0.903. The van der Waals surface area contributed by atoms with Crippen molar-refractivity contribution >= 4 is 11.3 Å². The molecule has 0 aliphatic heterocycles. The molecule has 0 aliphatic carbocycles. The minimum Gasteiger partial charge on any atom is -0.315 e. The van der Waals surface area contributed by atoms with Crippen molar-refractivity contribution in [2.45, 2.75) is 25.9 Å². The third-order valence-electron chi connectivity index (χ3n) is 2.79. The summed E-state index contributed by atoms with van der Waals surface area (Å²) in [7, 11) is 0. The van der Waals surface area contributed by atoms with Crippen LogP contribution in [0.4, 0.5) is 4.39 Å². The third-order valence-corrected chi connectivity index (χ3v) is 3.51. The molecular weight excluding hydrogens is 251 g/mol. The van der Waals surface area contributed by atoms with E-state index in [2.05, 4.69) is 17.2 Å². The zero-order valence-electron chi connectivity index (χ0n) is 10.1. The van der Waals surface area contributed by atoms with Crippen LogP contribution in [-0.2, 0) is 6.54 Å². The molecule has 0 fully saturated rings. The van der Waals surface area contributed by atoms with E-state index in [0.717, 1.165) is 29.0 Å². The van der Waals surface area contributed by atoms with Gasteiger partial charge in [-0.2, -0.15) is 0 Å². The zero-order valence-corrected chi connectivity index (χ0v) is 10.9. The van der Waals surface area contributed by atoms with Gasteiger partial charge < -0.3 is 10.3 Å². The normalized spacial score (nSPS) is 12.6. The lowest BCUT2D eigenvalue weighted by atomic mass is 10.0. The molecule has 0 saturated heterocycles. The van der Waals surface area contributed by atoms with Crippen molar-refractivity contribution in [2.24, 2.45) is 0 Å². The lowest BCUT2D eigenvalue weighted by Gasteiger charge is -2.16. The maximum atomic E-state index is 12.8.